The number of nitrogens with zero attached hydrogens (tertiary/aromatic N) is 1. The van der Waals surface area contributed by atoms with Crippen LogP contribution in [0.2, 0.25) is 5.02 Å². The summed E-state index contributed by atoms with van der Waals surface area (Å²) in [5.74, 6) is -0.269. The smallest absolute Gasteiger partial charge is 0.283 e. The van der Waals surface area contributed by atoms with E-state index in [9.17, 15) is 4.39 Å². The van der Waals surface area contributed by atoms with Gasteiger partial charge in [0.25, 0.3) is 6.02 Å². The lowest BCUT2D eigenvalue weighted by molar-refractivity contribution is -0.0583. The van der Waals surface area contributed by atoms with Crippen molar-refractivity contribution < 1.29 is 9.13 Å². The molecule has 27 heavy (non-hydrogen) atoms. The number of ether oxygens (including phenoxy) is 1. The van der Waals surface area contributed by atoms with Gasteiger partial charge in [0, 0.05) is 17.0 Å². The highest BCUT2D eigenvalue weighted by molar-refractivity contribution is 6.30. The molecule has 1 aliphatic carbocycles. The number of hydrogen-bond acceptors (Lipinski definition) is 3. The van der Waals surface area contributed by atoms with Crippen LogP contribution in [-0.2, 0) is 10.3 Å². The second-order valence-corrected chi connectivity index (χ2v) is 8.10. The number of aliphatic imine (C=N–C) groups is 1. The van der Waals surface area contributed by atoms with Crippen LogP contribution in [0.3, 0.4) is 0 Å². The molecule has 2 N–H and O–H groups in total. The fraction of sp³-hybridized carbons (Fsp3) is 0.318. The molecule has 0 bridgehead atoms. The highest BCUT2D eigenvalue weighted by atomic mass is 35.5. The molecular weight excluding hydrogens is 363 g/mol. The van der Waals surface area contributed by atoms with Crippen molar-refractivity contribution in [2.75, 3.05) is 0 Å². The molecule has 5 heteroatoms. The summed E-state index contributed by atoms with van der Waals surface area (Å²) >= 11 is 5.92. The highest BCUT2D eigenvalue weighted by Gasteiger charge is 2.50. The summed E-state index contributed by atoms with van der Waals surface area (Å²) in [5.41, 5.74) is 7.42. The molecule has 1 heterocycles. The molecule has 140 valence electrons. The summed E-state index contributed by atoms with van der Waals surface area (Å²) in [6, 6.07) is 12.8. The molecule has 0 saturated heterocycles. The van der Waals surface area contributed by atoms with Crippen molar-refractivity contribution in [2.24, 2.45) is 10.7 Å². The predicted molar refractivity (Wildman–Crippen MR) is 108 cm³/mol. The first-order valence-corrected chi connectivity index (χ1v) is 9.53. The first kappa shape index (κ1) is 18.1. The van der Waals surface area contributed by atoms with Gasteiger partial charge in [-0.05, 0) is 61.6 Å². The van der Waals surface area contributed by atoms with Gasteiger partial charge in [-0.2, -0.15) is 0 Å². The summed E-state index contributed by atoms with van der Waals surface area (Å²) in [4.78, 5) is 4.49. The number of rotatable bonds is 3. The zero-order valence-corrected chi connectivity index (χ0v) is 16.0. The SMILES string of the molecule is C[C@@]1(c2cc(C=Cc3ccc(Cl)cc3)ccc2F)CC2(CCC2)OC(N)=N1. The van der Waals surface area contributed by atoms with E-state index in [1.54, 1.807) is 6.07 Å². The molecule has 3 nitrogen and oxygen atoms in total. The Morgan fingerprint density at radius 3 is 2.44 bits per heavy atom. The van der Waals surface area contributed by atoms with E-state index < -0.39 is 5.54 Å². The second kappa shape index (κ2) is 6.68. The summed E-state index contributed by atoms with van der Waals surface area (Å²) in [7, 11) is 0. The first-order valence-electron chi connectivity index (χ1n) is 9.16. The average Bonchev–Trinajstić information content (AvgIpc) is 2.60. The Labute approximate surface area is 163 Å². The van der Waals surface area contributed by atoms with E-state index in [-0.39, 0.29) is 17.4 Å². The zero-order valence-electron chi connectivity index (χ0n) is 15.2. The Hall–Kier alpha value is -2.33. The Kier molecular flexibility index (Phi) is 4.47. The van der Waals surface area contributed by atoms with Crippen molar-refractivity contribution >= 4 is 29.8 Å². The van der Waals surface area contributed by atoms with Gasteiger partial charge in [0.1, 0.15) is 11.4 Å². The Morgan fingerprint density at radius 1 is 1.11 bits per heavy atom. The average molecular weight is 385 g/mol. The number of nitrogens with two attached hydrogens (primary N) is 1. The molecule has 0 unspecified atom stereocenters. The quantitative estimate of drug-likeness (QED) is 0.708. The van der Waals surface area contributed by atoms with Gasteiger partial charge in [-0.3, -0.25) is 0 Å². The molecule has 1 atom stereocenters. The standard InChI is InChI=1S/C22H22ClFN2O/c1-21(14-22(11-2-12-22)27-20(25)26-21)18-13-16(7-10-19(18)24)4-3-15-5-8-17(23)9-6-15/h3-10,13H,2,11-12,14H2,1H3,(H2,25,26)/t21-/m0/s1. The molecule has 0 amide bonds. The van der Waals surface area contributed by atoms with Crippen LogP contribution in [0, 0.1) is 5.82 Å². The molecule has 2 aromatic carbocycles. The van der Waals surface area contributed by atoms with Crippen LogP contribution < -0.4 is 5.73 Å². The normalized spacial score (nSPS) is 23.7. The van der Waals surface area contributed by atoms with E-state index in [1.807, 2.05) is 49.4 Å². The van der Waals surface area contributed by atoms with Crippen LogP contribution in [0.5, 0.6) is 0 Å². The van der Waals surface area contributed by atoms with E-state index in [4.69, 9.17) is 22.1 Å². The van der Waals surface area contributed by atoms with E-state index in [1.165, 1.54) is 6.07 Å². The highest BCUT2D eigenvalue weighted by Crippen LogP contribution is 2.49. The minimum Gasteiger partial charge on any atom is -0.459 e. The Balaban J connectivity index is 1.66. The third kappa shape index (κ3) is 3.59. The number of halogens is 2. The van der Waals surface area contributed by atoms with Gasteiger partial charge in [-0.15, -0.1) is 0 Å². The third-order valence-corrected chi connectivity index (χ3v) is 5.77. The van der Waals surface area contributed by atoms with Gasteiger partial charge in [-0.1, -0.05) is 42.0 Å². The van der Waals surface area contributed by atoms with Gasteiger partial charge >= 0.3 is 0 Å². The van der Waals surface area contributed by atoms with Crippen molar-refractivity contribution in [3.8, 4) is 0 Å². The molecule has 0 radical (unpaired) electrons. The molecule has 4 rings (SSSR count). The maximum atomic E-state index is 14.7. The van der Waals surface area contributed by atoms with Crippen molar-refractivity contribution in [3.05, 3.63) is 70.0 Å². The zero-order chi connectivity index (χ0) is 19.1. The lowest BCUT2D eigenvalue weighted by Crippen LogP contribution is -2.52. The van der Waals surface area contributed by atoms with Gasteiger partial charge in [0.2, 0.25) is 0 Å². The Morgan fingerprint density at radius 2 is 1.78 bits per heavy atom. The van der Waals surface area contributed by atoms with Crippen molar-refractivity contribution in [1.29, 1.82) is 0 Å². The lowest BCUT2D eigenvalue weighted by atomic mass is 9.69. The minimum atomic E-state index is -0.725. The van der Waals surface area contributed by atoms with Crippen LogP contribution in [-0.4, -0.2) is 11.6 Å². The van der Waals surface area contributed by atoms with Crippen molar-refractivity contribution in [3.63, 3.8) is 0 Å². The molecular formula is C22H22ClFN2O. The van der Waals surface area contributed by atoms with Gasteiger partial charge < -0.3 is 10.5 Å². The number of hydrogen-bond donors (Lipinski definition) is 1. The molecule has 1 aliphatic heterocycles. The number of amidine groups is 1. The monoisotopic (exact) mass is 384 g/mol. The van der Waals surface area contributed by atoms with E-state index >= 15 is 0 Å². The van der Waals surface area contributed by atoms with Gasteiger partial charge in [0.15, 0.2) is 0 Å². The Bertz CT molecular complexity index is 918. The van der Waals surface area contributed by atoms with Crippen molar-refractivity contribution in [2.45, 2.75) is 43.7 Å². The molecule has 2 aliphatic rings. The van der Waals surface area contributed by atoms with Crippen LogP contribution in [0.1, 0.15) is 49.3 Å². The second-order valence-electron chi connectivity index (χ2n) is 7.66. The lowest BCUT2D eigenvalue weighted by Gasteiger charge is -2.48. The summed E-state index contributed by atoms with van der Waals surface area (Å²) in [6.45, 7) is 1.94. The summed E-state index contributed by atoms with van der Waals surface area (Å²) < 4.78 is 20.5. The van der Waals surface area contributed by atoms with Crippen molar-refractivity contribution in [1.82, 2.24) is 0 Å². The maximum absolute atomic E-state index is 14.7. The third-order valence-electron chi connectivity index (χ3n) is 5.52. The minimum absolute atomic E-state index is 0.157. The predicted octanol–water partition coefficient (Wildman–Crippen LogP) is 5.52. The van der Waals surface area contributed by atoms with E-state index in [0.29, 0.717) is 17.0 Å². The largest absolute Gasteiger partial charge is 0.459 e. The van der Waals surface area contributed by atoms with Crippen LogP contribution >= 0.6 is 11.6 Å². The summed E-state index contributed by atoms with van der Waals surface area (Å²) in [6.07, 6.45) is 7.57. The first-order chi connectivity index (χ1) is 12.9. The number of benzene rings is 2. The molecule has 0 aromatic heterocycles. The topological polar surface area (TPSA) is 47.6 Å². The van der Waals surface area contributed by atoms with E-state index in [2.05, 4.69) is 4.99 Å². The molecule has 1 fully saturated rings. The van der Waals surface area contributed by atoms with Crippen LogP contribution in [0.25, 0.3) is 12.2 Å². The van der Waals surface area contributed by atoms with Gasteiger partial charge in [0.05, 0.1) is 5.54 Å². The van der Waals surface area contributed by atoms with Crippen LogP contribution in [0.15, 0.2) is 47.5 Å². The fourth-order valence-corrected chi connectivity index (χ4v) is 4.15. The summed E-state index contributed by atoms with van der Waals surface area (Å²) in [5, 5.41) is 0.698. The van der Waals surface area contributed by atoms with Crippen LogP contribution in [0.4, 0.5) is 4.39 Å². The maximum Gasteiger partial charge on any atom is 0.283 e. The molecule has 2 aromatic rings. The van der Waals surface area contributed by atoms with E-state index in [0.717, 1.165) is 30.4 Å². The fourth-order valence-electron chi connectivity index (χ4n) is 4.02. The molecule has 1 spiro atoms. The molecule has 1 saturated carbocycles. The van der Waals surface area contributed by atoms with Gasteiger partial charge in [-0.25, -0.2) is 9.38 Å².